The van der Waals surface area contributed by atoms with E-state index in [2.05, 4.69) is 15.4 Å². The standard InChI is InChI=1S/C22H19F5N2O4/c1-33-19(31)13-3-2-12(17(24)10-13)4-7-28-20(32)21(5-6-21)29-18(30)14-8-15(22(25,26)27)11-16(23)9-14/h2-3,8-11H,4-7H2,1H3,(H,28,32)(H,29,30). The number of rotatable bonds is 7. The highest BCUT2D eigenvalue weighted by Crippen LogP contribution is 2.36. The Morgan fingerprint density at radius 1 is 1.03 bits per heavy atom. The summed E-state index contributed by atoms with van der Waals surface area (Å²) in [5, 5.41) is 4.91. The van der Waals surface area contributed by atoms with Crippen LogP contribution in [0.2, 0.25) is 0 Å². The molecule has 176 valence electrons. The molecule has 0 aromatic heterocycles. The van der Waals surface area contributed by atoms with Gasteiger partial charge in [-0.1, -0.05) is 6.07 Å². The minimum atomic E-state index is -4.84. The maximum absolute atomic E-state index is 14.1. The first-order chi connectivity index (χ1) is 15.4. The molecule has 0 aliphatic heterocycles. The van der Waals surface area contributed by atoms with Gasteiger partial charge in [0.1, 0.15) is 17.2 Å². The summed E-state index contributed by atoms with van der Waals surface area (Å²) in [6.45, 7) is 0.00311. The van der Waals surface area contributed by atoms with E-state index in [0.29, 0.717) is 12.1 Å². The number of nitrogens with one attached hydrogen (secondary N) is 2. The van der Waals surface area contributed by atoms with E-state index in [0.717, 1.165) is 6.07 Å². The van der Waals surface area contributed by atoms with Crippen LogP contribution in [-0.2, 0) is 22.1 Å². The van der Waals surface area contributed by atoms with Gasteiger partial charge in [-0.3, -0.25) is 9.59 Å². The highest BCUT2D eigenvalue weighted by molar-refractivity contribution is 6.00. The molecule has 0 radical (unpaired) electrons. The molecule has 2 aromatic carbocycles. The zero-order chi connectivity index (χ0) is 24.4. The number of carbonyl (C=O) groups is 3. The van der Waals surface area contributed by atoms with Gasteiger partial charge in [0.15, 0.2) is 0 Å². The van der Waals surface area contributed by atoms with Gasteiger partial charge in [0, 0.05) is 12.1 Å². The van der Waals surface area contributed by atoms with E-state index in [1.54, 1.807) is 0 Å². The molecule has 6 nitrogen and oxygen atoms in total. The van der Waals surface area contributed by atoms with Crippen LogP contribution in [0.3, 0.4) is 0 Å². The predicted octanol–water partition coefficient (Wildman–Crippen LogP) is 3.39. The molecule has 11 heteroatoms. The van der Waals surface area contributed by atoms with Crippen molar-refractivity contribution in [3.05, 3.63) is 70.3 Å². The topological polar surface area (TPSA) is 84.5 Å². The second-order valence-corrected chi connectivity index (χ2v) is 7.57. The van der Waals surface area contributed by atoms with Crippen LogP contribution in [0.1, 0.15) is 44.7 Å². The molecule has 2 amide bonds. The molecular formula is C22H19F5N2O4. The summed E-state index contributed by atoms with van der Waals surface area (Å²) in [7, 11) is 1.17. The van der Waals surface area contributed by atoms with Crippen LogP contribution >= 0.6 is 0 Å². The fourth-order valence-electron chi connectivity index (χ4n) is 3.18. The van der Waals surface area contributed by atoms with Crippen molar-refractivity contribution in [3.8, 4) is 0 Å². The number of hydrogen-bond acceptors (Lipinski definition) is 4. The van der Waals surface area contributed by atoms with E-state index in [1.807, 2.05) is 0 Å². The van der Waals surface area contributed by atoms with Crippen LogP contribution in [-0.4, -0.2) is 37.0 Å². The SMILES string of the molecule is COC(=O)c1ccc(CCNC(=O)C2(NC(=O)c3cc(F)cc(C(F)(F)F)c3)CC2)c(F)c1. The quantitative estimate of drug-likeness (QED) is 0.480. The van der Waals surface area contributed by atoms with E-state index in [4.69, 9.17) is 0 Å². The Kier molecular flexibility index (Phi) is 6.71. The number of halogens is 5. The Balaban J connectivity index is 1.60. The summed E-state index contributed by atoms with van der Waals surface area (Å²) >= 11 is 0. The normalized spacial score (nSPS) is 14.4. The summed E-state index contributed by atoms with van der Waals surface area (Å²) < 4.78 is 70.8. The Bertz CT molecular complexity index is 1100. The first-order valence-electron chi connectivity index (χ1n) is 9.80. The van der Waals surface area contributed by atoms with Crippen molar-refractivity contribution in [1.82, 2.24) is 10.6 Å². The molecule has 3 rings (SSSR count). The lowest BCUT2D eigenvalue weighted by atomic mass is 10.1. The van der Waals surface area contributed by atoms with Gasteiger partial charge in [0.2, 0.25) is 5.91 Å². The van der Waals surface area contributed by atoms with E-state index >= 15 is 0 Å². The summed E-state index contributed by atoms with van der Waals surface area (Å²) in [5.74, 6) is -4.19. The van der Waals surface area contributed by atoms with Gasteiger partial charge < -0.3 is 15.4 Å². The molecule has 33 heavy (non-hydrogen) atoms. The molecule has 0 bridgehead atoms. The van der Waals surface area contributed by atoms with Crippen molar-refractivity contribution in [2.24, 2.45) is 0 Å². The molecule has 0 unspecified atom stereocenters. The van der Waals surface area contributed by atoms with Crippen LogP contribution in [0.4, 0.5) is 22.0 Å². The van der Waals surface area contributed by atoms with E-state index < -0.39 is 52.3 Å². The van der Waals surface area contributed by atoms with Crippen molar-refractivity contribution in [2.75, 3.05) is 13.7 Å². The average Bonchev–Trinajstić information content (AvgIpc) is 3.53. The molecule has 1 aliphatic carbocycles. The van der Waals surface area contributed by atoms with Gasteiger partial charge >= 0.3 is 12.1 Å². The van der Waals surface area contributed by atoms with Crippen molar-refractivity contribution < 1.29 is 41.1 Å². The summed E-state index contributed by atoms with van der Waals surface area (Å²) in [6, 6.07) is 5.20. The largest absolute Gasteiger partial charge is 0.465 e. The summed E-state index contributed by atoms with van der Waals surface area (Å²) in [6.07, 6.45) is -4.26. The minimum Gasteiger partial charge on any atom is -0.465 e. The molecule has 2 aromatic rings. The van der Waals surface area contributed by atoms with Gasteiger partial charge in [0.25, 0.3) is 5.91 Å². The van der Waals surface area contributed by atoms with Crippen molar-refractivity contribution in [2.45, 2.75) is 31.0 Å². The molecule has 0 saturated heterocycles. The number of esters is 1. The Hall–Kier alpha value is -3.50. The molecule has 0 spiro atoms. The smallest absolute Gasteiger partial charge is 0.416 e. The minimum absolute atomic E-state index is 0.00311. The molecule has 1 fully saturated rings. The third-order valence-electron chi connectivity index (χ3n) is 5.18. The molecular weight excluding hydrogens is 451 g/mol. The molecule has 1 aliphatic rings. The number of benzene rings is 2. The Morgan fingerprint density at radius 2 is 1.73 bits per heavy atom. The highest BCUT2D eigenvalue weighted by atomic mass is 19.4. The molecule has 1 saturated carbocycles. The second-order valence-electron chi connectivity index (χ2n) is 7.57. The van der Waals surface area contributed by atoms with Gasteiger partial charge in [0.05, 0.1) is 18.2 Å². The maximum Gasteiger partial charge on any atom is 0.416 e. The van der Waals surface area contributed by atoms with Crippen LogP contribution < -0.4 is 10.6 Å². The van der Waals surface area contributed by atoms with Crippen LogP contribution in [0.25, 0.3) is 0 Å². The summed E-state index contributed by atoms with van der Waals surface area (Å²) in [5.41, 5.74) is -2.93. The zero-order valence-electron chi connectivity index (χ0n) is 17.3. The van der Waals surface area contributed by atoms with E-state index in [-0.39, 0.29) is 43.0 Å². The molecule has 0 heterocycles. The van der Waals surface area contributed by atoms with Crippen molar-refractivity contribution in [3.63, 3.8) is 0 Å². The second kappa shape index (κ2) is 9.16. The predicted molar refractivity (Wildman–Crippen MR) is 105 cm³/mol. The first kappa shape index (κ1) is 24.1. The zero-order valence-corrected chi connectivity index (χ0v) is 17.3. The number of methoxy groups -OCH3 is 1. The lowest BCUT2D eigenvalue weighted by molar-refractivity contribution is -0.137. The highest BCUT2D eigenvalue weighted by Gasteiger charge is 2.51. The summed E-state index contributed by atoms with van der Waals surface area (Å²) in [4.78, 5) is 36.3. The maximum atomic E-state index is 14.1. The molecule has 0 atom stereocenters. The number of hydrogen-bond donors (Lipinski definition) is 2. The third-order valence-corrected chi connectivity index (χ3v) is 5.18. The fraction of sp³-hybridized carbons (Fsp3) is 0.318. The van der Waals surface area contributed by atoms with Gasteiger partial charge in [-0.15, -0.1) is 0 Å². The Labute approximate surface area is 185 Å². The van der Waals surface area contributed by atoms with Crippen LogP contribution in [0.15, 0.2) is 36.4 Å². The fourth-order valence-corrected chi connectivity index (χ4v) is 3.18. The lowest BCUT2D eigenvalue weighted by Crippen LogP contribution is -2.49. The van der Waals surface area contributed by atoms with E-state index in [9.17, 15) is 36.3 Å². The van der Waals surface area contributed by atoms with Gasteiger partial charge in [-0.05, 0) is 55.2 Å². The average molecular weight is 470 g/mol. The monoisotopic (exact) mass is 470 g/mol. The number of amides is 2. The number of carbonyl (C=O) groups excluding carboxylic acids is 3. The molecule has 2 N–H and O–H groups in total. The van der Waals surface area contributed by atoms with Crippen molar-refractivity contribution >= 4 is 17.8 Å². The van der Waals surface area contributed by atoms with Crippen LogP contribution in [0.5, 0.6) is 0 Å². The van der Waals surface area contributed by atoms with E-state index in [1.165, 1.54) is 19.2 Å². The van der Waals surface area contributed by atoms with Gasteiger partial charge in [-0.2, -0.15) is 13.2 Å². The number of alkyl halides is 3. The first-order valence-corrected chi connectivity index (χ1v) is 9.80. The number of ether oxygens (including phenoxy) is 1. The lowest BCUT2D eigenvalue weighted by Gasteiger charge is -2.18. The van der Waals surface area contributed by atoms with Crippen molar-refractivity contribution in [1.29, 1.82) is 0 Å². The Morgan fingerprint density at radius 3 is 2.30 bits per heavy atom. The van der Waals surface area contributed by atoms with Gasteiger partial charge in [-0.25, -0.2) is 13.6 Å². The third kappa shape index (κ3) is 5.65. The van der Waals surface area contributed by atoms with Crippen LogP contribution in [0, 0.1) is 11.6 Å².